The van der Waals surface area contributed by atoms with E-state index in [9.17, 15) is 0 Å². The van der Waals surface area contributed by atoms with Crippen molar-refractivity contribution in [2.75, 3.05) is 19.6 Å². The molecule has 0 aliphatic carbocycles. The summed E-state index contributed by atoms with van der Waals surface area (Å²) >= 11 is 0. The Labute approximate surface area is 104 Å². The Balaban J connectivity index is 1.84. The van der Waals surface area contributed by atoms with Crippen LogP contribution in [0.25, 0.3) is 0 Å². The number of nitrogens with zero attached hydrogens (tertiary/aromatic N) is 3. The fourth-order valence-corrected chi connectivity index (χ4v) is 2.74. The fraction of sp³-hybridized carbons (Fsp3) is 0.769. The lowest BCUT2D eigenvalue weighted by Crippen LogP contribution is -2.39. The third-order valence-electron chi connectivity index (χ3n) is 3.81. The summed E-state index contributed by atoms with van der Waals surface area (Å²) in [6.45, 7) is 7.94. The van der Waals surface area contributed by atoms with E-state index in [0.29, 0.717) is 12.1 Å². The van der Waals surface area contributed by atoms with Crippen LogP contribution < -0.4 is 5.32 Å². The van der Waals surface area contributed by atoms with Crippen LogP contribution in [0.2, 0.25) is 0 Å². The summed E-state index contributed by atoms with van der Waals surface area (Å²) in [5, 5.41) is 3.61. The molecule has 0 amide bonds. The second-order valence-corrected chi connectivity index (χ2v) is 4.95. The first kappa shape index (κ1) is 12.6. The van der Waals surface area contributed by atoms with Gasteiger partial charge in [0.05, 0.1) is 6.04 Å². The van der Waals surface area contributed by atoms with Crippen LogP contribution in [-0.4, -0.2) is 40.1 Å². The van der Waals surface area contributed by atoms with Gasteiger partial charge in [-0.05, 0) is 32.9 Å². The van der Waals surface area contributed by atoms with Gasteiger partial charge in [-0.25, -0.2) is 4.98 Å². The number of likely N-dealkylation sites (N-methyl/N-ethyl adjacent to an activating group) is 1. The van der Waals surface area contributed by atoms with E-state index in [4.69, 9.17) is 0 Å². The van der Waals surface area contributed by atoms with Crippen molar-refractivity contribution in [3.63, 3.8) is 0 Å². The highest BCUT2D eigenvalue weighted by molar-refractivity contribution is 4.97. The van der Waals surface area contributed by atoms with Crippen LogP contribution in [0.15, 0.2) is 12.4 Å². The lowest BCUT2D eigenvalue weighted by atomic mass is 10.2. The van der Waals surface area contributed by atoms with E-state index in [1.807, 2.05) is 12.4 Å². The first-order chi connectivity index (χ1) is 8.22. The zero-order chi connectivity index (χ0) is 12.3. The molecule has 0 radical (unpaired) electrons. The van der Waals surface area contributed by atoms with Crippen molar-refractivity contribution in [3.05, 3.63) is 18.2 Å². The molecular formula is C13H24N4. The van der Waals surface area contributed by atoms with E-state index in [1.54, 1.807) is 0 Å². The smallest absolute Gasteiger partial charge is 0.125 e. The Morgan fingerprint density at radius 3 is 3.06 bits per heavy atom. The van der Waals surface area contributed by atoms with Gasteiger partial charge in [-0.1, -0.05) is 6.92 Å². The van der Waals surface area contributed by atoms with Crippen LogP contribution in [0.1, 0.15) is 38.6 Å². The summed E-state index contributed by atoms with van der Waals surface area (Å²) in [5.74, 6) is 1.12. The van der Waals surface area contributed by atoms with Crippen molar-refractivity contribution in [2.45, 2.75) is 38.8 Å². The Kier molecular flexibility index (Phi) is 4.18. The molecule has 96 valence electrons. The second-order valence-electron chi connectivity index (χ2n) is 4.95. The van der Waals surface area contributed by atoms with Crippen molar-refractivity contribution < 1.29 is 0 Å². The van der Waals surface area contributed by atoms with Crippen molar-refractivity contribution >= 4 is 0 Å². The molecule has 4 nitrogen and oxygen atoms in total. The quantitative estimate of drug-likeness (QED) is 0.842. The highest BCUT2D eigenvalue weighted by Crippen LogP contribution is 2.17. The first-order valence-corrected chi connectivity index (χ1v) is 6.67. The molecule has 1 aromatic rings. The van der Waals surface area contributed by atoms with Gasteiger partial charge in [0.1, 0.15) is 5.82 Å². The summed E-state index contributed by atoms with van der Waals surface area (Å²) in [5.41, 5.74) is 0. The molecule has 2 unspecified atom stereocenters. The van der Waals surface area contributed by atoms with E-state index >= 15 is 0 Å². The molecule has 1 N–H and O–H groups in total. The van der Waals surface area contributed by atoms with Gasteiger partial charge in [0.25, 0.3) is 0 Å². The fourth-order valence-electron chi connectivity index (χ4n) is 2.74. The van der Waals surface area contributed by atoms with Gasteiger partial charge in [-0.2, -0.15) is 0 Å². The highest BCUT2D eigenvalue weighted by atomic mass is 15.2. The van der Waals surface area contributed by atoms with Gasteiger partial charge in [-0.3, -0.25) is 4.90 Å². The molecule has 1 aromatic heterocycles. The molecule has 0 aromatic carbocycles. The number of rotatable bonds is 5. The van der Waals surface area contributed by atoms with Gasteiger partial charge in [0.15, 0.2) is 0 Å². The van der Waals surface area contributed by atoms with Crippen LogP contribution in [0.5, 0.6) is 0 Å². The summed E-state index contributed by atoms with van der Waals surface area (Å²) in [6.07, 6.45) is 6.54. The van der Waals surface area contributed by atoms with Crippen LogP contribution >= 0.6 is 0 Å². The molecule has 1 saturated heterocycles. The standard InChI is InChI=1S/C13H24N4/c1-4-17-8-5-6-12(17)10-15-11(2)13-14-7-9-16(13)3/h7,9,11-12,15H,4-6,8,10H2,1-3H3. The zero-order valence-corrected chi connectivity index (χ0v) is 11.2. The summed E-state index contributed by atoms with van der Waals surface area (Å²) in [7, 11) is 2.05. The number of aryl methyl sites for hydroxylation is 1. The van der Waals surface area contributed by atoms with Gasteiger partial charge in [0, 0.05) is 32.0 Å². The molecule has 0 saturated carbocycles. The van der Waals surface area contributed by atoms with Crippen LogP contribution in [0.4, 0.5) is 0 Å². The van der Waals surface area contributed by atoms with Crippen molar-refractivity contribution in [3.8, 4) is 0 Å². The van der Waals surface area contributed by atoms with Gasteiger partial charge >= 0.3 is 0 Å². The average Bonchev–Trinajstić information content (AvgIpc) is 2.94. The molecule has 2 heterocycles. The number of imidazole rings is 1. The normalized spacial score (nSPS) is 23.1. The maximum Gasteiger partial charge on any atom is 0.125 e. The zero-order valence-electron chi connectivity index (χ0n) is 11.2. The molecule has 1 fully saturated rings. The molecule has 17 heavy (non-hydrogen) atoms. The molecule has 2 rings (SSSR count). The van der Waals surface area contributed by atoms with Gasteiger partial charge < -0.3 is 9.88 Å². The van der Waals surface area contributed by atoms with Gasteiger partial charge in [0.2, 0.25) is 0 Å². The minimum Gasteiger partial charge on any atom is -0.337 e. The maximum atomic E-state index is 4.39. The molecular weight excluding hydrogens is 212 g/mol. The molecule has 2 atom stereocenters. The van der Waals surface area contributed by atoms with E-state index in [2.05, 4.69) is 40.7 Å². The van der Waals surface area contributed by atoms with Crippen LogP contribution in [0, 0.1) is 0 Å². The Bertz CT molecular complexity index is 347. The summed E-state index contributed by atoms with van der Waals surface area (Å²) in [6, 6.07) is 1.04. The lowest BCUT2D eigenvalue weighted by Gasteiger charge is -2.24. The van der Waals surface area contributed by atoms with Crippen molar-refractivity contribution in [1.29, 1.82) is 0 Å². The van der Waals surface area contributed by atoms with Crippen LogP contribution in [0.3, 0.4) is 0 Å². The van der Waals surface area contributed by atoms with E-state index in [-0.39, 0.29) is 0 Å². The average molecular weight is 236 g/mol. The molecule has 1 aliphatic heterocycles. The van der Waals surface area contributed by atoms with Gasteiger partial charge in [-0.15, -0.1) is 0 Å². The predicted molar refractivity (Wildman–Crippen MR) is 69.9 cm³/mol. The molecule has 4 heteroatoms. The number of nitrogens with one attached hydrogen (secondary N) is 1. The minimum absolute atomic E-state index is 0.328. The Morgan fingerprint density at radius 1 is 1.59 bits per heavy atom. The summed E-state index contributed by atoms with van der Waals surface area (Å²) < 4.78 is 2.09. The topological polar surface area (TPSA) is 33.1 Å². The third kappa shape index (κ3) is 2.87. The van der Waals surface area contributed by atoms with E-state index in [0.717, 1.165) is 12.4 Å². The maximum absolute atomic E-state index is 4.39. The Hall–Kier alpha value is -0.870. The predicted octanol–water partition coefficient (Wildman–Crippen LogP) is 1.55. The largest absolute Gasteiger partial charge is 0.337 e. The Morgan fingerprint density at radius 2 is 2.41 bits per heavy atom. The molecule has 0 spiro atoms. The highest BCUT2D eigenvalue weighted by Gasteiger charge is 2.23. The number of hydrogen-bond donors (Lipinski definition) is 1. The summed E-state index contributed by atoms with van der Waals surface area (Å²) in [4.78, 5) is 6.95. The number of hydrogen-bond acceptors (Lipinski definition) is 3. The van der Waals surface area contributed by atoms with Crippen LogP contribution in [-0.2, 0) is 7.05 Å². The second kappa shape index (κ2) is 5.65. The van der Waals surface area contributed by atoms with Crippen molar-refractivity contribution in [2.24, 2.45) is 7.05 Å². The third-order valence-corrected chi connectivity index (χ3v) is 3.81. The SMILES string of the molecule is CCN1CCCC1CNC(C)c1nccn1C. The molecule has 0 bridgehead atoms. The van der Waals surface area contributed by atoms with E-state index < -0.39 is 0 Å². The lowest BCUT2D eigenvalue weighted by molar-refractivity contribution is 0.254. The minimum atomic E-state index is 0.328. The monoisotopic (exact) mass is 236 g/mol. The molecule has 1 aliphatic rings. The number of aromatic nitrogens is 2. The number of likely N-dealkylation sites (tertiary alicyclic amines) is 1. The first-order valence-electron chi connectivity index (χ1n) is 6.67. The van der Waals surface area contributed by atoms with Crippen molar-refractivity contribution in [1.82, 2.24) is 19.8 Å². The van der Waals surface area contributed by atoms with E-state index in [1.165, 1.54) is 25.9 Å².